The van der Waals surface area contributed by atoms with Crippen molar-refractivity contribution in [3.05, 3.63) is 75.4 Å². The molecular formula is C34H37N5O2. The van der Waals surface area contributed by atoms with Crippen LogP contribution in [0.3, 0.4) is 0 Å². The van der Waals surface area contributed by atoms with Gasteiger partial charge in [-0.15, -0.1) is 0 Å². The molecule has 3 N–H and O–H groups in total. The number of aromatic nitrogens is 4. The molecule has 0 saturated heterocycles. The summed E-state index contributed by atoms with van der Waals surface area (Å²) in [5.41, 5.74) is 14.6. The van der Waals surface area contributed by atoms with E-state index in [1.807, 2.05) is 13.0 Å². The normalized spacial score (nSPS) is 17.9. The van der Waals surface area contributed by atoms with Crippen LogP contribution in [-0.4, -0.2) is 38.7 Å². The Bertz CT molecular complexity index is 1850. The van der Waals surface area contributed by atoms with Gasteiger partial charge < -0.3 is 15.3 Å². The van der Waals surface area contributed by atoms with Gasteiger partial charge in [0, 0.05) is 70.7 Å². The Morgan fingerprint density at radius 1 is 1.07 bits per heavy atom. The average Bonchev–Trinajstić information content (AvgIpc) is 3.70. The minimum absolute atomic E-state index is 0.00702. The molecule has 3 aromatic heterocycles. The van der Waals surface area contributed by atoms with Gasteiger partial charge in [0.1, 0.15) is 0 Å². The number of nitrogens with zero attached hydrogens (tertiary/aromatic N) is 2. The average molecular weight is 548 g/mol. The van der Waals surface area contributed by atoms with Crippen molar-refractivity contribution in [3.8, 4) is 0 Å². The maximum Gasteiger partial charge on any atom is 0.219 e. The summed E-state index contributed by atoms with van der Waals surface area (Å²) in [5, 5.41) is 2.75. The summed E-state index contributed by atoms with van der Waals surface area (Å²) in [6.07, 6.45) is 4.12. The monoisotopic (exact) mass is 547 g/mol. The Labute approximate surface area is 240 Å². The molecule has 0 aromatic carbocycles. The van der Waals surface area contributed by atoms with E-state index in [-0.39, 0.29) is 23.5 Å². The minimum atomic E-state index is 0.00702. The lowest BCUT2D eigenvalue weighted by Crippen LogP contribution is -2.18. The number of nitrogens with one attached hydrogen (secondary N) is 3. The largest absolute Gasteiger partial charge is 0.359 e. The molecule has 0 spiro atoms. The van der Waals surface area contributed by atoms with Crippen LogP contribution in [0.2, 0.25) is 0 Å². The zero-order valence-electron chi connectivity index (χ0n) is 24.7. The van der Waals surface area contributed by atoms with E-state index < -0.39 is 0 Å². The molecule has 1 amide bonds. The maximum absolute atomic E-state index is 13.4. The highest BCUT2D eigenvalue weighted by molar-refractivity contribution is 6.13. The predicted molar refractivity (Wildman–Crippen MR) is 166 cm³/mol. The number of aryl methyl sites for hydroxylation is 2. The molecule has 7 heteroatoms. The van der Waals surface area contributed by atoms with Gasteiger partial charge in [0.2, 0.25) is 5.91 Å². The van der Waals surface area contributed by atoms with E-state index >= 15 is 0 Å². The fourth-order valence-electron chi connectivity index (χ4n) is 6.84. The van der Waals surface area contributed by atoms with Crippen LogP contribution in [0.4, 0.5) is 0 Å². The first-order valence-corrected chi connectivity index (χ1v) is 14.5. The van der Waals surface area contributed by atoms with Gasteiger partial charge in [0.25, 0.3) is 0 Å². The molecule has 1 aliphatic carbocycles. The number of carbonyl (C=O) groups excluding carboxylic acids is 2. The van der Waals surface area contributed by atoms with Crippen LogP contribution in [0.5, 0.6) is 0 Å². The quantitative estimate of drug-likeness (QED) is 0.318. The van der Waals surface area contributed by atoms with Gasteiger partial charge in [-0.2, -0.15) is 0 Å². The lowest BCUT2D eigenvalue weighted by Gasteiger charge is -2.16. The molecule has 210 valence electrons. The van der Waals surface area contributed by atoms with Crippen molar-refractivity contribution in [2.45, 2.75) is 72.1 Å². The van der Waals surface area contributed by atoms with E-state index in [2.05, 4.69) is 67.8 Å². The number of H-pyrrole nitrogens is 2. The first-order chi connectivity index (χ1) is 19.7. The fourth-order valence-corrected chi connectivity index (χ4v) is 6.84. The van der Waals surface area contributed by atoms with Crippen molar-refractivity contribution in [1.29, 1.82) is 0 Å². The smallest absolute Gasteiger partial charge is 0.219 e. The molecule has 0 fully saturated rings. The summed E-state index contributed by atoms with van der Waals surface area (Å²) in [6.45, 7) is 14.7. The van der Waals surface area contributed by atoms with Gasteiger partial charge in [-0.25, -0.2) is 4.98 Å². The summed E-state index contributed by atoms with van der Waals surface area (Å²) >= 11 is 0. The van der Waals surface area contributed by atoms with Gasteiger partial charge >= 0.3 is 0 Å². The lowest BCUT2D eigenvalue weighted by molar-refractivity contribution is -0.120. The summed E-state index contributed by atoms with van der Waals surface area (Å²) in [7, 11) is 1.67. The third kappa shape index (κ3) is 4.17. The highest BCUT2D eigenvalue weighted by Crippen LogP contribution is 2.44. The molecule has 6 rings (SSSR count). The third-order valence-corrected chi connectivity index (χ3v) is 9.31. The summed E-state index contributed by atoms with van der Waals surface area (Å²) in [4.78, 5) is 43.2. The Morgan fingerprint density at radius 3 is 2.51 bits per heavy atom. The number of aromatic amines is 2. The van der Waals surface area contributed by atoms with Gasteiger partial charge in [-0.3, -0.25) is 14.6 Å². The summed E-state index contributed by atoms with van der Waals surface area (Å²) < 4.78 is 0. The molecule has 8 bridgehead atoms. The van der Waals surface area contributed by atoms with Crippen LogP contribution < -0.4 is 5.32 Å². The second-order valence-electron chi connectivity index (χ2n) is 11.5. The second kappa shape index (κ2) is 9.98. The van der Waals surface area contributed by atoms with Crippen molar-refractivity contribution in [1.82, 2.24) is 25.3 Å². The van der Waals surface area contributed by atoms with Crippen LogP contribution in [-0.2, 0) is 11.2 Å². The van der Waals surface area contributed by atoms with Crippen LogP contribution in [0.1, 0.15) is 107 Å². The van der Waals surface area contributed by atoms with Crippen molar-refractivity contribution >= 4 is 51.0 Å². The van der Waals surface area contributed by atoms with Gasteiger partial charge in [-0.05, 0) is 74.1 Å². The third-order valence-electron chi connectivity index (χ3n) is 9.31. The zero-order valence-corrected chi connectivity index (χ0v) is 24.7. The highest BCUT2D eigenvalue weighted by Gasteiger charge is 2.35. The molecule has 3 aliphatic rings. The molecule has 41 heavy (non-hydrogen) atoms. The molecule has 0 radical (unpaired) electrons. The number of rotatable bonds is 5. The van der Waals surface area contributed by atoms with Gasteiger partial charge in [0.15, 0.2) is 5.78 Å². The van der Waals surface area contributed by atoms with Crippen molar-refractivity contribution in [3.63, 3.8) is 0 Å². The fraction of sp³-hybridized carbons (Fsp3) is 0.353. The SMILES string of the molecule is C=Cc1c(C)c2cc3nc(c4c5[nH]c(cc6nc(cc1[nH]2)C(C)=C6CC)c(C)c5C(=O)C4)[C@@H](CCC(=O)NC)[C@@H]3C. The van der Waals surface area contributed by atoms with Crippen LogP contribution >= 0.6 is 0 Å². The Hall–Kier alpha value is -4.26. The number of amides is 1. The minimum Gasteiger partial charge on any atom is -0.359 e. The summed E-state index contributed by atoms with van der Waals surface area (Å²) in [5.74, 6) is 0.217. The van der Waals surface area contributed by atoms with Crippen LogP contribution in [0, 0.1) is 13.8 Å². The van der Waals surface area contributed by atoms with Crippen molar-refractivity contribution in [2.24, 2.45) is 0 Å². The Kier molecular flexibility index (Phi) is 6.56. The lowest BCUT2D eigenvalue weighted by atomic mass is 9.85. The molecule has 0 saturated carbocycles. The second-order valence-corrected chi connectivity index (χ2v) is 11.5. The highest BCUT2D eigenvalue weighted by atomic mass is 16.1. The number of ketones is 1. The number of fused-ring (bicyclic) bond motifs is 8. The molecular weight excluding hydrogens is 510 g/mol. The van der Waals surface area contributed by atoms with Crippen molar-refractivity contribution < 1.29 is 9.59 Å². The first-order valence-electron chi connectivity index (χ1n) is 14.5. The van der Waals surface area contributed by atoms with Crippen LogP contribution in [0.25, 0.3) is 39.3 Å². The first kappa shape index (κ1) is 26.9. The number of hydrogen-bond donors (Lipinski definition) is 3. The molecule has 3 aromatic rings. The summed E-state index contributed by atoms with van der Waals surface area (Å²) in [6, 6.07) is 6.32. The van der Waals surface area contributed by atoms with Gasteiger partial charge in [0.05, 0.1) is 22.6 Å². The van der Waals surface area contributed by atoms with E-state index in [1.165, 1.54) is 5.57 Å². The standard InChI is InChI=1S/C34H37N5O2/c1-8-20-16(3)24-13-26-18(5)22(10-11-31(41)35-7)33(38-26)23-12-30(40)32-19(6)27(39-34(23)32)15-29-21(9-2)17(4)25(37-29)14-28(20)36-24/h8,13-15,18,22,36,39H,1,9-12H2,2-7H3,(H,35,41)/t18-,22-/m0/s1. The number of carbonyl (C=O) groups is 2. The van der Waals surface area contributed by atoms with Gasteiger partial charge in [-0.1, -0.05) is 26.5 Å². The Morgan fingerprint density at radius 2 is 1.80 bits per heavy atom. The molecule has 5 heterocycles. The van der Waals surface area contributed by atoms with Crippen LogP contribution in [0.15, 0.2) is 24.8 Å². The molecule has 2 aliphatic heterocycles. The molecule has 0 unspecified atom stereocenters. The van der Waals surface area contributed by atoms with E-state index in [1.54, 1.807) is 7.05 Å². The predicted octanol–water partition coefficient (Wildman–Crippen LogP) is 7.07. The number of hydrogen-bond acceptors (Lipinski definition) is 4. The van der Waals surface area contributed by atoms with Crippen molar-refractivity contribution in [2.75, 3.05) is 7.05 Å². The Balaban J connectivity index is 1.74. The van der Waals surface area contributed by atoms with E-state index in [9.17, 15) is 9.59 Å². The zero-order chi connectivity index (χ0) is 29.2. The number of Topliss-reactive ketones (excluding diaryl/α,β-unsaturated/α-hetero) is 1. The molecule has 7 nitrogen and oxygen atoms in total. The maximum atomic E-state index is 13.4. The topological polar surface area (TPSA) is 104 Å². The van der Waals surface area contributed by atoms with E-state index in [0.717, 1.165) is 84.7 Å². The van der Waals surface area contributed by atoms with E-state index in [0.29, 0.717) is 19.3 Å². The number of allylic oxidation sites excluding steroid dienone is 2. The van der Waals surface area contributed by atoms with E-state index in [4.69, 9.17) is 9.97 Å². The molecule has 2 atom stereocenters.